The van der Waals surface area contributed by atoms with Crippen LogP contribution in [0, 0.1) is 20.8 Å². The lowest BCUT2D eigenvalue weighted by atomic mass is 10.0. The fourth-order valence-electron chi connectivity index (χ4n) is 2.92. The van der Waals surface area contributed by atoms with E-state index >= 15 is 0 Å². The Morgan fingerprint density at radius 1 is 1.14 bits per heavy atom. The van der Waals surface area contributed by atoms with Gasteiger partial charge in [-0.2, -0.15) is 0 Å². The summed E-state index contributed by atoms with van der Waals surface area (Å²) in [7, 11) is 0. The number of aromatic amines is 1. The molecule has 2 N–H and O–H groups in total. The van der Waals surface area contributed by atoms with Gasteiger partial charge in [0.05, 0.1) is 6.04 Å². The van der Waals surface area contributed by atoms with Crippen LogP contribution >= 0.6 is 0 Å². The fraction of sp³-hybridized carbons (Fsp3) is 0.333. The van der Waals surface area contributed by atoms with E-state index in [4.69, 9.17) is 0 Å². The number of ketones is 1. The summed E-state index contributed by atoms with van der Waals surface area (Å²) in [6.07, 6.45) is 0. The van der Waals surface area contributed by atoms with E-state index in [1.165, 1.54) is 6.92 Å². The van der Waals surface area contributed by atoms with Gasteiger partial charge in [0.1, 0.15) is 5.69 Å². The number of carbonyl (C=O) groups excluding carboxylic acids is 2. The molecule has 1 heterocycles. The van der Waals surface area contributed by atoms with Gasteiger partial charge in [-0.1, -0.05) is 24.3 Å². The zero-order valence-electron chi connectivity index (χ0n) is 13.7. The number of nitrogens with one attached hydrogen (secondary N) is 2. The number of H-pyrrole nitrogens is 1. The maximum Gasteiger partial charge on any atom is 0.268 e. The zero-order valence-corrected chi connectivity index (χ0v) is 13.7. The maximum atomic E-state index is 12.5. The molecule has 0 aliphatic carbocycles. The van der Waals surface area contributed by atoms with Gasteiger partial charge in [-0.05, 0) is 51.3 Å². The minimum atomic E-state index is -0.191. The number of Topliss-reactive ketones (excluding diaryl/α,β-unsaturated/α-hetero) is 1. The predicted molar refractivity (Wildman–Crippen MR) is 87.3 cm³/mol. The van der Waals surface area contributed by atoms with Crippen LogP contribution in [0.15, 0.2) is 24.3 Å². The van der Waals surface area contributed by atoms with Crippen molar-refractivity contribution in [3.8, 4) is 0 Å². The fourth-order valence-corrected chi connectivity index (χ4v) is 2.92. The minimum absolute atomic E-state index is 0.0303. The Bertz CT molecular complexity index is 729. The highest BCUT2D eigenvalue weighted by Gasteiger charge is 2.21. The van der Waals surface area contributed by atoms with Gasteiger partial charge in [-0.3, -0.25) is 9.59 Å². The number of carbonyl (C=O) groups is 2. The van der Waals surface area contributed by atoms with Crippen molar-refractivity contribution in [1.29, 1.82) is 0 Å². The lowest BCUT2D eigenvalue weighted by Crippen LogP contribution is -2.28. The van der Waals surface area contributed by atoms with E-state index in [2.05, 4.69) is 10.3 Å². The molecule has 1 aromatic heterocycles. The first kappa shape index (κ1) is 16.0. The van der Waals surface area contributed by atoms with Gasteiger partial charge in [0, 0.05) is 11.3 Å². The van der Waals surface area contributed by atoms with Crippen LogP contribution in [0.4, 0.5) is 0 Å². The van der Waals surface area contributed by atoms with Crippen molar-refractivity contribution in [3.63, 3.8) is 0 Å². The van der Waals surface area contributed by atoms with E-state index in [0.717, 1.165) is 16.8 Å². The lowest BCUT2D eigenvalue weighted by molar-refractivity contribution is 0.0934. The Kier molecular flexibility index (Phi) is 4.50. The summed E-state index contributed by atoms with van der Waals surface area (Å²) in [5.41, 5.74) is 4.73. The summed E-state index contributed by atoms with van der Waals surface area (Å²) in [6.45, 7) is 9.10. The molecule has 1 atom stereocenters. The third-order valence-corrected chi connectivity index (χ3v) is 4.02. The molecule has 0 spiro atoms. The molecule has 0 aliphatic heterocycles. The van der Waals surface area contributed by atoms with Crippen molar-refractivity contribution in [2.45, 2.75) is 40.7 Å². The number of benzene rings is 1. The largest absolute Gasteiger partial charge is 0.354 e. The number of aryl methyl sites for hydroxylation is 2. The van der Waals surface area contributed by atoms with E-state index in [-0.39, 0.29) is 17.7 Å². The van der Waals surface area contributed by atoms with Gasteiger partial charge >= 0.3 is 0 Å². The van der Waals surface area contributed by atoms with Crippen LogP contribution in [0.5, 0.6) is 0 Å². The molecule has 0 saturated carbocycles. The van der Waals surface area contributed by atoms with E-state index in [0.29, 0.717) is 16.8 Å². The average molecular weight is 298 g/mol. The van der Waals surface area contributed by atoms with Crippen molar-refractivity contribution in [2.24, 2.45) is 0 Å². The molecule has 0 unspecified atom stereocenters. The second-order valence-electron chi connectivity index (χ2n) is 5.73. The van der Waals surface area contributed by atoms with Gasteiger partial charge in [-0.25, -0.2) is 0 Å². The first-order chi connectivity index (χ1) is 10.3. The molecule has 4 nitrogen and oxygen atoms in total. The molecular weight excluding hydrogens is 276 g/mol. The summed E-state index contributed by atoms with van der Waals surface area (Å²) in [4.78, 5) is 27.2. The van der Waals surface area contributed by atoms with E-state index in [1.54, 1.807) is 6.92 Å². The molecule has 116 valence electrons. The SMILES string of the molecule is CC(=O)c1c(C)[nH]c(C(=O)N[C@@H](C)c2ccccc2C)c1C. The molecule has 0 saturated heterocycles. The van der Waals surface area contributed by atoms with Gasteiger partial charge in [0.15, 0.2) is 5.78 Å². The second kappa shape index (κ2) is 6.18. The molecule has 0 aliphatic rings. The van der Waals surface area contributed by atoms with Crippen LogP contribution in [0.2, 0.25) is 0 Å². The number of hydrogen-bond donors (Lipinski definition) is 2. The van der Waals surface area contributed by atoms with Crippen LogP contribution in [0.1, 0.15) is 63.1 Å². The van der Waals surface area contributed by atoms with Crippen LogP contribution in [0.25, 0.3) is 0 Å². The standard InChI is InChI=1S/C18H22N2O2/c1-10-8-6-7-9-15(10)12(3)20-18(22)17-11(2)16(14(5)21)13(4)19-17/h6-9,12,19H,1-5H3,(H,20,22)/t12-/m0/s1. The smallest absolute Gasteiger partial charge is 0.268 e. The zero-order chi connectivity index (χ0) is 16.4. The summed E-state index contributed by atoms with van der Waals surface area (Å²) in [5.74, 6) is -0.221. The molecule has 2 rings (SSSR count). The van der Waals surface area contributed by atoms with Crippen LogP contribution in [-0.4, -0.2) is 16.7 Å². The molecule has 0 radical (unpaired) electrons. The van der Waals surface area contributed by atoms with Gasteiger partial charge in [-0.15, -0.1) is 0 Å². The quantitative estimate of drug-likeness (QED) is 0.847. The third-order valence-electron chi connectivity index (χ3n) is 4.02. The molecular formula is C18H22N2O2. The lowest BCUT2D eigenvalue weighted by Gasteiger charge is -2.16. The first-order valence-electron chi connectivity index (χ1n) is 7.39. The molecule has 2 aromatic rings. The van der Waals surface area contributed by atoms with Crippen LogP contribution < -0.4 is 5.32 Å². The summed E-state index contributed by atoms with van der Waals surface area (Å²) in [6, 6.07) is 7.87. The summed E-state index contributed by atoms with van der Waals surface area (Å²) < 4.78 is 0. The number of hydrogen-bond acceptors (Lipinski definition) is 2. The highest BCUT2D eigenvalue weighted by molar-refractivity contribution is 6.02. The molecule has 22 heavy (non-hydrogen) atoms. The summed E-state index contributed by atoms with van der Waals surface area (Å²) in [5, 5.41) is 2.99. The monoisotopic (exact) mass is 298 g/mol. The highest BCUT2D eigenvalue weighted by Crippen LogP contribution is 2.21. The Hall–Kier alpha value is -2.36. The Morgan fingerprint density at radius 3 is 2.32 bits per heavy atom. The van der Waals surface area contributed by atoms with Crippen molar-refractivity contribution >= 4 is 11.7 Å². The van der Waals surface area contributed by atoms with Gasteiger partial charge in [0.2, 0.25) is 0 Å². The average Bonchev–Trinajstić information content (AvgIpc) is 2.74. The predicted octanol–water partition coefficient (Wildman–Crippen LogP) is 3.63. The number of amides is 1. The Balaban J connectivity index is 2.25. The van der Waals surface area contributed by atoms with Gasteiger partial charge in [0.25, 0.3) is 5.91 Å². The van der Waals surface area contributed by atoms with Crippen LogP contribution in [-0.2, 0) is 0 Å². The normalized spacial score (nSPS) is 12.0. The Labute approximate surface area is 130 Å². The topological polar surface area (TPSA) is 62.0 Å². The summed E-state index contributed by atoms with van der Waals surface area (Å²) >= 11 is 0. The number of aromatic nitrogens is 1. The Morgan fingerprint density at radius 2 is 1.77 bits per heavy atom. The van der Waals surface area contributed by atoms with Gasteiger partial charge < -0.3 is 10.3 Å². The van der Waals surface area contributed by atoms with E-state index in [9.17, 15) is 9.59 Å². The molecule has 0 bridgehead atoms. The second-order valence-corrected chi connectivity index (χ2v) is 5.73. The first-order valence-corrected chi connectivity index (χ1v) is 7.39. The van der Waals surface area contributed by atoms with Crippen molar-refractivity contribution in [3.05, 3.63) is 57.9 Å². The molecule has 4 heteroatoms. The third kappa shape index (κ3) is 2.96. The molecule has 1 amide bonds. The van der Waals surface area contributed by atoms with Crippen molar-refractivity contribution in [2.75, 3.05) is 0 Å². The highest BCUT2D eigenvalue weighted by atomic mass is 16.2. The molecule has 1 aromatic carbocycles. The van der Waals surface area contributed by atoms with E-state index in [1.807, 2.05) is 45.0 Å². The maximum absolute atomic E-state index is 12.5. The van der Waals surface area contributed by atoms with Crippen LogP contribution in [0.3, 0.4) is 0 Å². The van der Waals surface area contributed by atoms with E-state index < -0.39 is 0 Å². The van der Waals surface area contributed by atoms with Crippen molar-refractivity contribution in [1.82, 2.24) is 10.3 Å². The molecule has 0 fully saturated rings. The minimum Gasteiger partial charge on any atom is -0.354 e. The number of rotatable bonds is 4. The van der Waals surface area contributed by atoms with Crippen molar-refractivity contribution < 1.29 is 9.59 Å².